The molecule has 1 aromatic carbocycles. The Kier molecular flexibility index (Phi) is 9.56. The summed E-state index contributed by atoms with van der Waals surface area (Å²) in [6.45, 7) is 2.54. The molecule has 0 saturated carbocycles. The van der Waals surface area contributed by atoms with E-state index in [0.717, 1.165) is 31.7 Å². The van der Waals surface area contributed by atoms with Gasteiger partial charge in [0.05, 0.1) is 24.5 Å². The maximum atomic E-state index is 13.7. The van der Waals surface area contributed by atoms with Gasteiger partial charge in [-0.2, -0.15) is 4.31 Å². The van der Waals surface area contributed by atoms with E-state index < -0.39 is 27.9 Å². The van der Waals surface area contributed by atoms with E-state index in [2.05, 4.69) is 6.92 Å². The monoisotopic (exact) mass is 427 g/mol. The summed E-state index contributed by atoms with van der Waals surface area (Å²) >= 11 is 0. The maximum absolute atomic E-state index is 13.7. The van der Waals surface area contributed by atoms with Gasteiger partial charge in [-0.05, 0) is 30.2 Å². The molecule has 164 valence electrons. The zero-order valence-electron chi connectivity index (χ0n) is 17.7. The van der Waals surface area contributed by atoms with Crippen LogP contribution in [0.1, 0.15) is 89.2 Å². The highest BCUT2D eigenvalue weighted by Crippen LogP contribution is 2.42. The number of esters is 1. The molecule has 5 nitrogen and oxygen atoms in total. The third kappa shape index (κ3) is 6.51. The first kappa shape index (κ1) is 23.8. The zero-order valence-corrected chi connectivity index (χ0v) is 18.5. The molecule has 0 radical (unpaired) electrons. The van der Waals surface area contributed by atoms with Crippen LogP contribution >= 0.6 is 0 Å². The summed E-state index contributed by atoms with van der Waals surface area (Å²) in [6.07, 6.45) is 11.5. The number of benzene rings is 1. The summed E-state index contributed by atoms with van der Waals surface area (Å²) in [5.74, 6) is -1.01. The van der Waals surface area contributed by atoms with Gasteiger partial charge in [0.25, 0.3) is 0 Å². The molecule has 29 heavy (non-hydrogen) atoms. The SMILES string of the molecule is CCCCCCCCCCCCN1[C@@H](CC(=O)OC)c2cc(F)ccc2S1(=O)=O. The summed E-state index contributed by atoms with van der Waals surface area (Å²) in [4.78, 5) is 11.9. The minimum absolute atomic E-state index is 0.0971. The van der Waals surface area contributed by atoms with Gasteiger partial charge in [-0.1, -0.05) is 64.7 Å². The second kappa shape index (κ2) is 11.6. The fraction of sp³-hybridized carbons (Fsp3) is 0.682. The summed E-state index contributed by atoms with van der Waals surface area (Å²) in [7, 11) is -2.45. The van der Waals surface area contributed by atoms with Gasteiger partial charge in [0.15, 0.2) is 0 Å². The van der Waals surface area contributed by atoms with Gasteiger partial charge >= 0.3 is 5.97 Å². The summed E-state index contributed by atoms with van der Waals surface area (Å²) in [5.41, 5.74) is 0.350. The Morgan fingerprint density at radius 2 is 1.62 bits per heavy atom. The molecule has 2 rings (SSSR count). The van der Waals surface area contributed by atoms with Crippen molar-refractivity contribution in [1.82, 2.24) is 4.31 Å². The number of carbonyl (C=O) groups is 1. The topological polar surface area (TPSA) is 63.7 Å². The lowest BCUT2D eigenvalue weighted by Crippen LogP contribution is -2.31. The number of nitrogens with zero attached hydrogens (tertiary/aromatic N) is 1. The van der Waals surface area contributed by atoms with Crippen LogP contribution < -0.4 is 0 Å². The Balaban J connectivity index is 1.88. The lowest BCUT2D eigenvalue weighted by Gasteiger charge is -2.22. The molecule has 0 N–H and O–H groups in total. The normalized spacial score (nSPS) is 18.0. The van der Waals surface area contributed by atoms with Crippen molar-refractivity contribution in [1.29, 1.82) is 0 Å². The fourth-order valence-electron chi connectivity index (χ4n) is 3.95. The number of sulfonamides is 1. The molecule has 0 amide bonds. The molecule has 1 aromatic rings. The fourth-order valence-corrected chi connectivity index (χ4v) is 5.83. The van der Waals surface area contributed by atoms with Crippen LogP contribution in [-0.4, -0.2) is 32.3 Å². The van der Waals surface area contributed by atoms with Crippen LogP contribution in [0.5, 0.6) is 0 Å². The second-order valence-electron chi connectivity index (χ2n) is 7.78. The van der Waals surface area contributed by atoms with Gasteiger partial charge in [0, 0.05) is 6.54 Å². The van der Waals surface area contributed by atoms with Crippen LogP contribution in [0.3, 0.4) is 0 Å². The predicted octanol–water partition coefficient (Wildman–Crippen LogP) is 5.36. The van der Waals surface area contributed by atoms with Crippen LogP contribution in [0.25, 0.3) is 0 Å². The number of ether oxygens (including phenoxy) is 1. The Hall–Kier alpha value is -1.47. The Bertz CT molecular complexity index is 766. The van der Waals surface area contributed by atoms with E-state index in [9.17, 15) is 17.6 Å². The minimum atomic E-state index is -3.72. The van der Waals surface area contributed by atoms with E-state index in [1.165, 1.54) is 62.1 Å². The quantitative estimate of drug-likeness (QED) is 0.314. The first-order valence-electron chi connectivity index (χ1n) is 10.8. The van der Waals surface area contributed by atoms with Gasteiger partial charge in [0.2, 0.25) is 10.0 Å². The van der Waals surface area contributed by atoms with E-state index in [-0.39, 0.29) is 11.3 Å². The molecule has 0 spiro atoms. The summed E-state index contributed by atoms with van der Waals surface area (Å²) in [5, 5.41) is 0. The molecule has 0 aromatic heterocycles. The molecule has 0 saturated heterocycles. The molecule has 7 heteroatoms. The van der Waals surface area contributed by atoms with Gasteiger partial charge < -0.3 is 4.74 Å². The van der Waals surface area contributed by atoms with Crippen molar-refractivity contribution < 1.29 is 22.3 Å². The number of carbonyl (C=O) groups excluding carboxylic acids is 1. The number of hydrogen-bond acceptors (Lipinski definition) is 4. The Labute approximate surface area is 174 Å². The first-order valence-corrected chi connectivity index (χ1v) is 12.2. The average Bonchev–Trinajstić information content (AvgIpc) is 2.89. The van der Waals surface area contributed by atoms with Crippen LogP contribution in [0.4, 0.5) is 4.39 Å². The number of rotatable bonds is 13. The molecule has 0 bridgehead atoms. The Morgan fingerprint density at radius 3 is 2.21 bits per heavy atom. The average molecular weight is 428 g/mol. The molecule has 0 aliphatic carbocycles. The van der Waals surface area contributed by atoms with Gasteiger partial charge in [-0.15, -0.1) is 0 Å². The predicted molar refractivity (Wildman–Crippen MR) is 112 cm³/mol. The van der Waals surface area contributed by atoms with Crippen LogP contribution in [0.15, 0.2) is 23.1 Å². The van der Waals surface area contributed by atoms with Crippen molar-refractivity contribution in [2.24, 2.45) is 0 Å². The van der Waals surface area contributed by atoms with E-state index in [4.69, 9.17) is 4.74 Å². The van der Waals surface area contributed by atoms with E-state index >= 15 is 0 Å². The Morgan fingerprint density at radius 1 is 1.03 bits per heavy atom. The number of halogens is 1. The molecular weight excluding hydrogens is 393 g/mol. The number of fused-ring (bicyclic) bond motifs is 1. The smallest absolute Gasteiger partial charge is 0.307 e. The largest absolute Gasteiger partial charge is 0.469 e. The molecule has 1 atom stereocenters. The lowest BCUT2D eigenvalue weighted by molar-refractivity contribution is -0.141. The van der Waals surface area contributed by atoms with E-state index in [1.807, 2.05) is 0 Å². The van der Waals surface area contributed by atoms with Gasteiger partial charge in [0.1, 0.15) is 5.82 Å². The van der Waals surface area contributed by atoms with Crippen molar-refractivity contribution in [2.45, 2.75) is 88.5 Å². The molecule has 1 heterocycles. The van der Waals surface area contributed by atoms with Gasteiger partial charge in [-0.25, -0.2) is 12.8 Å². The number of unbranched alkanes of at least 4 members (excludes halogenated alkanes) is 9. The summed E-state index contributed by atoms with van der Waals surface area (Å²) < 4.78 is 45.6. The molecule has 0 unspecified atom stereocenters. The highest BCUT2D eigenvalue weighted by molar-refractivity contribution is 7.89. The van der Waals surface area contributed by atoms with Crippen molar-refractivity contribution in [2.75, 3.05) is 13.7 Å². The number of hydrogen-bond donors (Lipinski definition) is 0. The lowest BCUT2D eigenvalue weighted by atomic mass is 10.0. The van der Waals surface area contributed by atoms with Crippen molar-refractivity contribution in [3.05, 3.63) is 29.6 Å². The molecule has 1 aliphatic rings. The van der Waals surface area contributed by atoms with Crippen molar-refractivity contribution in [3.63, 3.8) is 0 Å². The molecular formula is C22H34FNO4S. The van der Waals surface area contributed by atoms with Crippen LogP contribution in [0.2, 0.25) is 0 Å². The standard InChI is InChI=1S/C22H34FNO4S/c1-3-4-5-6-7-8-9-10-11-12-15-24-20(17-22(25)28-2)19-16-18(23)13-14-21(19)29(24,26)27/h13-14,16,20H,3-12,15,17H2,1-2H3/t20-/m0/s1. The van der Waals surface area contributed by atoms with Crippen molar-refractivity contribution in [3.8, 4) is 0 Å². The van der Waals surface area contributed by atoms with Crippen LogP contribution in [-0.2, 0) is 19.6 Å². The van der Waals surface area contributed by atoms with E-state index in [1.54, 1.807) is 0 Å². The minimum Gasteiger partial charge on any atom is -0.469 e. The third-order valence-electron chi connectivity index (χ3n) is 5.58. The highest BCUT2D eigenvalue weighted by Gasteiger charge is 2.43. The molecule has 1 aliphatic heterocycles. The zero-order chi connectivity index (χ0) is 21.3. The first-order chi connectivity index (χ1) is 13.9. The second-order valence-corrected chi connectivity index (χ2v) is 9.63. The third-order valence-corrected chi connectivity index (χ3v) is 7.57. The van der Waals surface area contributed by atoms with E-state index in [0.29, 0.717) is 12.1 Å². The van der Waals surface area contributed by atoms with Crippen LogP contribution in [0, 0.1) is 5.82 Å². The maximum Gasteiger partial charge on any atom is 0.307 e. The number of methoxy groups -OCH3 is 1. The van der Waals surface area contributed by atoms with Crippen molar-refractivity contribution >= 4 is 16.0 Å². The van der Waals surface area contributed by atoms with Gasteiger partial charge in [-0.3, -0.25) is 4.79 Å². The highest BCUT2D eigenvalue weighted by atomic mass is 32.2. The molecule has 0 fully saturated rings. The summed E-state index contributed by atoms with van der Waals surface area (Å²) in [6, 6.07) is 2.97.